The number of carbonyl (C=O) groups is 3. The number of fused-ring (bicyclic) bond motifs is 4. The summed E-state index contributed by atoms with van der Waals surface area (Å²) in [5.74, 6) is -1.98. The van der Waals surface area contributed by atoms with Crippen molar-refractivity contribution in [3.63, 3.8) is 0 Å². The number of esters is 3. The lowest BCUT2D eigenvalue weighted by molar-refractivity contribution is -0.264. The molecular weight excluding hydrogens is 428 g/mol. The van der Waals surface area contributed by atoms with Crippen LogP contribution >= 0.6 is 0 Å². The molecule has 3 aliphatic carbocycles. The minimum atomic E-state index is -1.39. The first-order valence-electron chi connectivity index (χ1n) is 11.6. The Balaban J connectivity index is 1.97. The first-order valence-corrected chi connectivity index (χ1v) is 11.6. The van der Waals surface area contributed by atoms with Crippen LogP contribution in [-0.4, -0.2) is 42.3 Å². The fraction of sp³-hybridized carbons (Fsp3) is 0.720. The molecule has 0 radical (unpaired) electrons. The molecule has 8 unspecified atom stereocenters. The molecule has 3 aliphatic rings. The Morgan fingerprint density at radius 1 is 1.06 bits per heavy atom. The monoisotopic (exact) mass is 462 g/mol. The normalized spacial score (nSPS) is 41.7. The minimum Gasteiger partial charge on any atom is -0.469 e. The van der Waals surface area contributed by atoms with E-state index >= 15 is 0 Å². The second-order valence-electron chi connectivity index (χ2n) is 10.6. The number of methoxy groups -OCH3 is 1. The van der Waals surface area contributed by atoms with Gasteiger partial charge in [0.25, 0.3) is 0 Å². The van der Waals surface area contributed by atoms with Gasteiger partial charge < -0.3 is 23.7 Å². The van der Waals surface area contributed by atoms with Gasteiger partial charge >= 0.3 is 17.9 Å². The van der Waals surface area contributed by atoms with Gasteiger partial charge in [0.1, 0.15) is 18.0 Å². The van der Waals surface area contributed by atoms with Crippen molar-refractivity contribution in [3.8, 4) is 0 Å². The van der Waals surface area contributed by atoms with Gasteiger partial charge in [-0.25, -0.2) is 0 Å². The number of carbonyl (C=O) groups excluding carboxylic acids is 3. The summed E-state index contributed by atoms with van der Waals surface area (Å²) in [7, 11) is 1.36. The summed E-state index contributed by atoms with van der Waals surface area (Å²) >= 11 is 0. The lowest BCUT2D eigenvalue weighted by atomic mass is 9.41. The molecule has 1 heterocycles. The van der Waals surface area contributed by atoms with Crippen LogP contribution in [0.2, 0.25) is 0 Å². The van der Waals surface area contributed by atoms with E-state index in [1.54, 1.807) is 19.3 Å². The highest BCUT2D eigenvalue weighted by atomic mass is 16.6. The molecule has 1 aromatic heterocycles. The van der Waals surface area contributed by atoms with Crippen molar-refractivity contribution < 1.29 is 38.1 Å². The van der Waals surface area contributed by atoms with Crippen molar-refractivity contribution in [2.24, 2.45) is 28.6 Å². The van der Waals surface area contributed by atoms with Crippen molar-refractivity contribution in [1.82, 2.24) is 0 Å². The predicted molar refractivity (Wildman–Crippen MR) is 116 cm³/mol. The van der Waals surface area contributed by atoms with Crippen molar-refractivity contribution in [3.05, 3.63) is 23.7 Å². The molecule has 8 atom stereocenters. The van der Waals surface area contributed by atoms with Crippen LogP contribution in [0, 0.1) is 28.6 Å². The van der Waals surface area contributed by atoms with E-state index < -0.39 is 52.4 Å². The molecule has 0 aromatic carbocycles. The average molecular weight is 463 g/mol. The number of furan rings is 1. The minimum absolute atomic E-state index is 0.184. The summed E-state index contributed by atoms with van der Waals surface area (Å²) in [5.41, 5.74) is -2.22. The Morgan fingerprint density at radius 2 is 1.70 bits per heavy atom. The van der Waals surface area contributed by atoms with Crippen molar-refractivity contribution >= 4 is 17.9 Å². The standard InChI is InChI=1S/C25H34O8/c1-13(26)32-19-18-16(12-17-15(8-11-31-17)25(18,5)29)23(3)9-7-10-24(4,22(28)30-6)21(23)20(19)33-14(2)27/h8,11,16,18-21,29H,7,9-10,12H2,1-6H3. The summed E-state index contributed by atoms with van der Waals surface area (Å²) in [5, 5.41) is 11.9. The molecule has 33 heavy (non-hydrogen) atoms. The summed E-state index contributed by atoms with van der Waals surface area (Å²) in [6, 6.07) is 1.74. The molecule has 1 N–H and O–H groups in total. The van der Waals surface area contributed by atoms with E-state index in [1.807, 2.05) is 6.92 Å². The van der Waals surface area contributed by atoms with Gasteiger partial charge in [0.15, 0.2) is 0 Å². The van der Waals surface area contributed by atoms with E-state index in [2.05, 4.69) is 6.92 Å². The summed E-state index contributed by atoms with van der Waals surface area (Å²) < 4.78 is 22.7. The maximum absolute atomic E-state index is 13.2. The second kappa shape index (κ2) is 7.86. The lowest BCUT2D eigenvalue weighted by Gasteiger charge is -2.65. The van der Waals surface area contributed by atoms with Crippen molar-refractivity contribution in [1.29, 1.82) is 0 Å². The SMILES string of the molecule is COC(=O)C1(C)CCCC2(C)C3Cc4occc4C(C)(O)C3C(OC(C)=O)C(OC(C)=O)C12. The highest BCUT2D eigenvalue weighted by Gasteiger charge is 2.70. The van der Waals surface area contributed by atoms with Crippen molar-refractivity contribution in [2.75, 3.05) is 7.11 Å². The Kier molecular flexibility index (Phi) is 5.67. The molecule has 182 valence electrons. The molecule has 0 aliphatic heterocycles. The number of hydrogen-bond acceptors (Lipinski definition) is 8. The van der Waals surface area contributed by atoms with Crippen LogP contribution in [0.3, 0.4) is 0 Å². The molecule has 0 spiro atoms. The van der Waals surface area contributed by atoms with E-state index in [4.69, 9.17) is 18.6 Å². The molecule has 4 rings (SSSR count). The number of ether oxygens (including phenoxy) is 3. The van der Waals surface area contributed by atoms with Gasteiger partial charge in [-0.1, -0.05) is 13.3 Å². The molecule has 8 heteroatoms. The Morgan fingerprint density at radius 3 is 2.30 bits per heavy atom. The van der Waals surface area contributed by atoms with Crippen LogP contribution in [-0.2, 0) is 40.6 Å². The molecule has 0 amide bonds. The maximum atomic E-state index is 13.2. The average Bonchev–Trinajstić information content (AvgIpc) is 3.19. The van der Waals surface area contributed by atoms with Crippen LogP contribution in [0.1, 0.15) is 65.2 Å². The summed E-state index contributed by atoms with van der Waals surface area (Å²) in [6.45, 7) is 8.25. The predicted octanol–water partition coefficient (Wildman–Crippen LogP) is 3.14. The van der Waals surface area contributed by atoms with E-state index in [0.29, 0.717) is 24.2 Å². The topological polar surface area (TPSA) is 112 Å². The van der Waals surface area contributed by atoms with Gasteiger partial charge in [-0.2, -0.15) is 0 Å². The highest BCUT2D eigenvalue weighted by molar-refractivity contribution is 5.77. The van der Waals surface area contributed by atoms with Gasteiger partial charge in [0, 0.05) is 37.7 Å². The van der Waals surface area contributed by atoms with Gasteiger partial charge in [-0.05, 0) is 44.1 Å². The lowest BCUT2D eigenvalue weighted by Crippen LogP contribution is -2.70. The van der Waals surface area contributed by atoms with Crippen molar-refractivity contribution in [2.45, 2.75) is 78.1 Å². The number of hydrogen-bond donors (Lipinski definition) is 1. The van der Waals surface area contributed by atoms with Crippen LogP contribution in [0.5, 0.6) is 0 Å². The fourth-order valence-electron chi connectivity index (χ4n) is 7.58. The molecular formula is C25H34O8. The molecule has 2 saturated carbocycles. The first-order chi connectivity index (χ1) is 15.4. The third-order valence-electron chi connectivity index (χ3n) is 8.70. The summed E-state index contributed by atoms with van der Waals surface area (Å²) in [4.78, 5) is 37.7. The smallest absolute Gasteiger partial charge is 0.311 e. The Labute approximate surface area is 193 Å². The van der Waals surface area contributed by atoms with E-state index in [1.165, 1.54) is 21.0 Å². The van der Waals surface area contributed by atoms with Gasteiger partial charge in [-0.3, -0.25) is 14.4 Å². The molecule has 2 fully saturated rings. The van der Waals surface area contributed by atoms with E-state index in [9.17, 15) is 19.5 Å². The number of aliphatic hydroxyl groups is 1. The fourth-order valence-corrected chi connectivity index (χ4v) is 7.58. The van der Waals surface area contributed by atoms with E-state index in [0.717, 1.165) is 12.8 Å². The zero-order valence-corrected chi connectivity index (χ0v) is 20.2. The number of rotatable bonds is 3. The van der Waals surface area contributed by atoms with Gasteiger partial charge in [0.05, 0.1) is 24.4 Å². The van der Waals surface area contributed by atoms with Gasteiger partial charge in [0.2, 0.25) is 0 Å². The molecule has 0 saturated heterocycles. The largest absolute Gasteiger partial charge is 0.469 e. The van der Waals surface area contributed by atoms with Crippen LogP contribution in [0.15, 0.2) is 16.7 Å². The molecule has 0 bridgehead atoms. The second-order valence-corrected chi connectivity index (χ2v) is 10.6. The molecule has 8 nitrogen and oxygen atoms in total. The van der Waals surface area contributed by atoms with E-state index in [-0.39, 0.29) is 11.9 Å². The third-order valence-corrected chi connectivity index (χ3v) is 8.70. The van der Waals surface area contributed by atoms with Crippen LogP contribution in [0.4, 0.5) is 0 Å². The third kappa shape index (κ3) is 3.40. The Hall–Kier alpha value is -2.35. The van der Waals surface area contributed by atoms with Gasteiger partial charge in [-0.15, -0.1) is 0 Å². The zero-order chi connectivity index (χ0) is 24.3. The zero-order valence-electron chi connectivity index (χ0n) is 20.2. The molecule has 1 aromatic rings. The van der Waals surface area contributed by atoms with Crippen LogP contribution < -0.4 is 0 Å². The quantitative estimate of drug-likeness (QED) is 0.539. The highest BCUT2D eigenvalue weighted by Crippen LogP contribution is 2.66. The van der Waals surface area contributed by atoms with Crippen LogP contribution in [0.25, 0.3) is 0 Å². The Bertz CT molecular complexity index is 963. The first kappa shape index (κ1) is 23.8. The maximum Gasteiger partial charge on any atom is 0.311 e. The summed E-state index contributed by atoms with van der Waals surface area (Å²) in [6.07, 6.45) is 2.33.